The molecule has 0 bridgehead atoms. The molecule has 1 heterocycles. The number of fused-ring (bicyclic) bond motifs is 1. The zero-order valence-corrected chi connectivity index (χ0v) is 17.8. The van der Waals surface area contributed by atoms with Crippen molar-refractivity contribution in [3.05, 3.63) is 48.0 Å². The second-order valence-electron chi connectivity index (χ2n) is 7.16. The van der Waals surface area contributed by atoms with Gasteiger partial charge in [0, 0.05) is 31.5 Å². The highest BCUT2D eigenvalue weighted by atomic mass is 32.2. The minimum atomic E-state index is -3.60. The van der Waals surface area contributed by atoms with Crippen molar-refractivity contribution in [1.29, 1.82) is 0 Å². The molecule has 2 amide bonds. The van der Waals surface area contributed by atoms with Gasteiger partial charge in [0.25, 0.3) is 0 Å². The van der Waals surface area contributed by atoms with Gasteiger partial charge in [0.2, 0.25) is 15.8 Å². The number of nitrogens with zero attached hydrogens (tertiary/aromatic N) is 2. The molecule has 0 atom stereocenters. The van der Waals surface area contributed by atoms with E-state index in [1.807, 2.05) is 19.0 Å². The average molecular weight is 433 g/mol. The molecule has 0 aliphatic carbocycles. The maximum atomic E-state index is 12.6. The van der Waals surface area contributed by atoms with Crippen molar-refractivity contribution in [2.45, 2.75) is 4.90 Å². The molecule has 1 aliphatic rings. The molecule has 0 saturated heterocycles. The number of hydrogen-bond acceptors (Lipinski definition) is 6. The molecule has 9 nitrogen and oxygen atoms in total. The smallest absolute Gasteiger partial charge is 0.323 e. The lowest BCUT2D eigenvalue weighted by molar-refractivity contribution is 0.0961. The maximum Gasteiger partial charge on any atom is 0.323 e. The van der Waals surface area contributed by atoms with Crippen LogP contribution in [0.4, 0.5) is 16.2 Å². The number of hydrogen-bond donors (Lipinski definition) is 2. The lowest BCUT2D eigenvalue weighted by Gasteiger charge is -2.19. The number of likely N-dealkylation sites (N-methyl/N-ethyl adjacent to an activating group) is 2. The van der Waals surface area contributed by atoms with E-state index < -0.39 is 16.1 Å². The Kier molecular flexibility index (Phi) is 6.40. The zero-order valence-electron chi connectivity index (χ0n) is 17.0. The Morgan fingerprint density at radius 2 is 1.63 bits per heavy atom. The third-order valence-electron chi connectivity index (χ3n) is 4.58. The zero-order chi connectivity index (χ0) is 21.9. The predicted molar refractivity (Wildman–Crippen MR) is 114 cm³/mol. The van der Waals surface area contributed by atoms with Crippen LogP contribution in [0.25, 0.3) is 0 Å². The van der Waals surface area contributed by atoms with Gasteiger partial charge >= 0.3 is 6.03 Å². The van der Waals surface area contributed by atoms with Gasteiger partial charge < -0.3 is 20.3 Å². The Labute approximate surface area is 175 Å². The Morgan fingerprint density at radius 3 is 2.30 bits per heavy atom. The maximum absolute atomic E-state index is 12.6. The highest BCUT2D eigenvalue weighted by molar-refractivity contribution is 7.89. The normalized spacial score (nSPS) is 13.3. The Morgan fingerprint density at radius 1 is 1.00 bits per heavy atom. The Hall–Kier alpha value is -2.95. The van der Waals surface area contributed by atoms with Crippen LogP contribution in [-0.4, -0.2) is 70.3 Å². The van der Waals surface area contributed by atoms with Crippen LogP contribution in [0.15, 0.2) is 47.4 Å². The van der Waals surface area contributed by atoms with Crippen LogP contribution in [0.3, 0.4) is 0 Å². The molecule has 2 N–H and O–H groups in total. The monoisotopic (exact) mass is 432 g/mol. The van der Waals surface area contributed by atoms with Crippen molar-refractivity contribution in [3.8, 4) is 5.75 Å². The molecule has 160 valence electrons. The highest BCUT2D eigenvalue weighted by Gasteiger charge is 2.22. The van der Waals surface area contributed by atoms with Crippen molar-refractivity contribution < 1.29 is 22.7 Å². The molecule has 10 heteroatoms. The fraction of sp³-hybridized carbons (Fsp3) is 0.300. The van der Waals surface area contributed by atoms with Gasteiger partial charge in [0.05, 0.1) is 10.5 Å². The van der Waals surface area contributed by atoms with Gasteiger partial charge in [-0.05, 0) is 56.6 Å². The first-order valence-corrected chi connectivity index (χ1v) is 10.7. The van der Waals surface area contributed by atoms with Crippen molar-refractivity contribution >= 4 is 33.2 Å². The molecule has 0 unspecified atom stereocenters. The molecular weight excluding hydrogens is 408 g/mol. The van der Waals surface area contributed by atoms with Crippen molar-refractivity contribution in [1.82, 2.24) is 9.21 Å². The topological polar surface area (TPSA) is 108 Å². The van der Waals surface area contributed by atoms with Crippen molar-refractivity contribution in [3.63, 3.8) is 0 Å². The summed E-state index contributed by atoms with van der Waals surface area (Å²) in [5, 5.41) is 5.28. The lowest BCUT2D eigenvalue weighted by Crippen LogP contribution is -2.33. The molecule has 2 aromatic rings. The molecule has 0 radical (unpaired) electrons. The molecular formula is C20H24N4O5S. The van der Waals surface area contributed by atoms with Crippen LogP contribution in [0.5, 0.6) is 5.75 Å². The number of carbonyl (C=O) groups is 2. The van der Waals surface area contributed by atoms with E-state index in [0.717, 1.165) is 0 Å². The van der Waals surface area contributed by atoms with Crippen molar-refractivity contribution in [2.24, 2.45) is 0 Å². The summed E-state index contributed by atoms with van der Waals surface area (Å²) >= 11 is 0. The fourth-order valence-electron chi connectivity index (χ4n) is 2.82. The van der Waals surface area contributed by atoms with E-state index in [-0.39, 0.29) is 17.3 Å². The average Bonchev–Trinajstić information content (AvgIpc) is 3.06. The number of benzene rings is 2. The van der Waals surface area contributed by atoms with Crippen LogP contribution in [-0.2, 0) is 10.0 Å². The number of rotatable bonds is 7. The molecule has 3 rings (SSSR count). The molecule has 0 spiro atoms. The standard InChI is InChI=1S/C20H24N4O5S/c1-23(2)10-11-24(3)30(27,28)16-7-4-14(5-8-16)21-20(26)22-15-6-9-19-17(12-15)18(25)13-29-19/h4-9,12H,10-11,13H2,1-3H3,(H2,21,22,26). The second-order valence-corrected chi connectivity index (χ2v) is 9.20. The van der Waals surface area contributed by atoms with E-state index in [4.69, 9.17) is 4.74 Å². The van der Waals surface area contributed by atoms with Gasteiger partial charge in [-0.1, -0.05) is 0 Å². The number of anilines is 2. The summed E-state index contributed by atoms with van der Waals surface area (Å²) in [4.78, 5) is 26.0. The lowest BCUT2D eigenvalue weighted by atomic mass is 10.1. The van der Waals surface area contributed by atoms with Gasteiger partial charge in [0.15, 0.2) is 6.61 Å². The summed E-state index contributed by atoms with van der Waals surface area (Å²) < 4.78 is 31.7. The van der Waals surface area contributed by atoms with Gasteiger partial charge in [-0.3, -0.25) is 4.79 Å². The first kappa shape index (κ1) is 21.8. The largest absolute Gasteiger partial charge is 0.485 e. The number of carbonyl (C=O) groups excluding carboxylic acids is 2. The summed E-state index contributed by atoms with van der Waals surface area (Å²) in [6.45, 7) is 0.979. The van der Waals surface area contributed by atoms with Crippen LogP contribution in [0, 0.1) is 0 Å². The number of ketones is 1. The number of nitrogens with one attached hydrogen (secondary N) is 2. The van der Waals surface area contributed by atoms with E-state index in [9.17, 15) is 18.0 Å². The fourth-order valence-corrected chi connectivity index (χ4v) is 3.98. The van der Waals surface area contributed by atoms with E-state index in [1.165, 1.54) is 35.6 Å². The second kappa shape index (κ2) is 8.82. The van der Waals surface area contributed by atoms with Gasteiger partial charge in [0.1, 0.15) is 5.75 Å². The molecule has 30 heavy (non-hydrogen) atoms. The van der Waals surface area contributed by atoms with E-state index in [0.29, 0.717) is 35.8 Å². The quantitative estimate of drug-likeness (QED) is 0.694. The third kappa shape index (κ3) is 4.96. The van der Waals surface area contributed by atoms with Crippen LogP contribution < -0.4 is 15.4 Å². The van der Waals surface area contributed by atoms with Crippen molar-refractivity contribution in [2.75, 3.05) is 51.5 Å². The number of ether oxygens (including phenoxy) is 1. The molecule has 0 fully saturated rings. The third-order valence-corrected chi connectivity index (χ3v) is 6.45. The van der Waals surface area contributed by atoms with E-state index in [1.54, 1.807) is 18.2 Å². The van der Waals surface area contributed by atoms with Crippen LogP contribution in [0.1, 0.15) is 10.4 Å². The van der Waals surface area contributed by atoms with Gasteiger partial charge in [-0.25, -0.2) is 13.2 Å². The van der Waals surface area contributed by atoms with Gasteiger partial charge in [-0.15, -0.1) is 0 Å². The summed E-state index contributed by atoms with van der Waals surface area (Å²) in [6.07, 6.45) is 0. The predicted octanol–water partition coefficient (Wildman–Crippen LogP) is 2.09. The number of sulfonamides is 1. The molecule has 0 aromatic heterocycles. The molecule has 1 aliphatic heterocycles. The minimum absolute atomic E-state index is 0.00454. The summed E-state index contributed by atoms with van der Waals surface area (Å²) in [6, 6.07) is 10.2. The SMILES string of the molecule is CN(C)CCN(C)S(=O)(=O)c1ccc(NC(=O)Nc2ccc3c(c2)C(=O)CO3)cc1. The minimum Gasteiger partial charge on any atom is -0.485 e. The molecule has 0 saturated carbocycles. The number of amides is 2. The van der Waals surface area contributed by atoms with Crippen LogP contribution >= 0.6 is 0 Å². The summed E-state index contributed by atoms with van der Waals surface area (Å²) in [5.74, 6) is 0.361. The number of Topliss-reactive ketones (excluding diaryl/α,β-unsaturated/α-hetero) is 1. The number of urea groups is 1. The van der Waals surface area contributed by atoms with Gasteiger partial charge in [-0.2, -0.15) is 4.31 Å². The highest BCUT2D eigenvalue weighted by Crippen LogP contribution is 2.28. The van der Waals surface area contributed by atoms with E-state index in [2.05, 4.69) is 10.6 Å². The Balaban J connectivity index is 1.62. The first-order valence-electron chi connectivity index (χ1n) is 9.26. The summed E-state index contributed by atoms with van der Waals surface area (Å²) in [7, 11) is 1.68. The van der Waals surface area contributed by atoms with E-state index >= 15 is 0 Å². The van der Waals surface area contributed by atoms with Crippen LogP contribution in [0.2, 0.25) is 0 Å². The Bertz CT molecular complexity index is 1050. The molecule has 2 aromatic carbocycles. The summed E-state index contributed by atoms with van der Waals surface area (Å²) in [5.41, 5.74) is 1.32. The first-order chi connectivity index (χ1) is 14.2.